The maximum absolute atomic E-state index is 11.5. The van der Waals surface area contributed by atoms with Gasteiger partial charge in [-0.3, -0.25) is 4.79 Å². The summed E-state index contributed by atoms with van der Waals surface area (Å²) >= 11 is 5.30. The smallest absolute Gasteiger partial charge is 0.256 e. The molecule has 1 saturated carbocycles. The third kappa shape index (κ3) is 13.4. The Morgan fingerprint density at radius 2 is 1.76 bits per heavy atom. The fourth-order valence-corrected chi connectivity index (χ4v) is 2.46. The Labute approximate surface area is 180 Å². The molecule has 1 amide bonds. The number of carbonyl (C=O) groups excluding carboxylic acids is 2. The number of amides is 1. The van der Waals surface area contributed by atoms with Crippen LogP contribution in [0.3, 0.4) is 0 Å². The van der Waals surface area contributed by atoms with Crippen LogP contribution in [-0.4, -0.2) is 54.1 Å². The van der Waals surface area contributed by atoms with Gasteiger partial charge < -0.3 is 25.6 Å². The molecule has 1 aromatic rings. The van der Waals surface area contributed by atoms with Gasteiger partial charge in [-0.1, -0.05) is 38.8 Å². The third-order valence-electron chi connectivity index (χ3n) is 4.23. The second kappa shape index (κ2) is 17.4. The predicted octanol–water partition coefficient (Wildman–Crippen LogP) is 3.45. The number of alkyl halides is 1. The predicted molar refractivity (Wildman–Crippen MR) is 120 cm³/mol. The van der Waals surface area contributed by atoms with Crippen molar-refractivity contribution < 1.29 is 19.8 Å². The zero-order valence-electron chi connectivity index (χ0n) is 17.9. The summed E-state index contributed by atoms with van der Waals surface area (Å²) in [6, 6.07) is 7.34. The van der Waals surface area contributed by atoms with E-state index < -0.39 is 18.1 Å². The van der Waals surface area contributed by atoms with Crippen LogP contribution in [0, 0.1) is 0 Å². The summed E-state index contributed by atoms with van der Waals surface area (Å²) in [7, 11) is 1.98. The summed E-state index contributed by atoms with van der Waals surface area (Å²) in [5.41, 5.74) is 1.77. The maximum Gasteiger partial charge on any atom is 0.256 e. The number of aliphatic hydroxyl groups is 2. The number of unbranched alkanes of at least 4 members (excludes halogenated alkanes) is 2. The molecular weight excluding hydrogens is 392 g/mol. The average Bonchev–Trinajstić information content (AvgIpc) is 3.58. The highest BCUT2D eigenvalue weighted by Gasteiger charge is 2.25. The van der Waals surface area contributed by atoms with Crippen LogP contribution in [0.25, 0.3) is 0 Å². The maximum atomic E-state index is 11.5. The number of rotatable bonds is 10. The fourth-order valence-electron chi connectivity index (χ4n) is 2.19. The molecule has 1 fully saturated rings. The molecule has 166 valence electrons. The number of halogens is 1. The Bertz CT molecular complexity index is 544. The summed E-state index contributed by atoms with van der Waals surface area (Å²) in [4.78, 5) is 21.7. The summed E-state index contributed by atoms with van der Waals surface area (Å²) in [6.45, 7) is 5.48. The highest BCUT2D eigenvalue weighted by atomic mass is 35.5. The van der Waals surface area contributed by atoms with Crippen LogP contribution in [0.1, 0.15) is 63.9 Å². The van der Waals surface area contributed by atoms with Crippen molar-refractivity contribution in [2.24, 2.45) is 0 Å². The van der Waals surface area contributed by atoms with E-state index in [2.05, 4.69) is 24.5 Å². The van der Waals surface area contributed by atoms with Crippen molar-refractivity contribution >= 4 is 29.5 Å². The van der Waals surface area contributed by atoms with Crippen molar-refractivity contribution in [2.75, 3.05) is 24.8 Å². The zero-order valence-corrected chi connectivity index (χ0v) is 18.6. The lowest BCUT2D eigenvalue weighted by Gasteiger charge is -2.13. The summed E-state index contributed by atoms with van der Waals surface area (Å²) in [5.74, 6) is 0.655. The summed E-state index contributed by atoms with van der Waals surface area (Å²) < 4.78 is 0. The largest absolute Gasteiger partial charge is 0.382 e. The van der Waals surface area contributed by atoms with Gasteiger partial charge in [0.05, 0.1) is 0 Å². The molecule has 2 unspecified atom stereocenters. The molecule has 1 aliphatic carbocycles. The lowest BCUT2D eigenvalue weighted by atomic mass is 10.1. The van der Waals surface area contributed by atoms with E-state index in [1.54, 1.807) is 12.1 Å². The molecule has 0 radical (unpaired) electrons. The van der Waals surface area contributed by atoms with Gasteiger partial charge in [-0.2, -0.15) is 0 Å². The number of hydrogen-bond donors (Lipinski definition) is 4. The van der Waals surface area contributed by atoms with E-state index in [9.17, 15) is 14.7 Å². The molecule has 0 aromatic heterocycles. The fraction of sp³-hybridized carbons (Fsp3) is 0.636. The van der Waals surface area contributed by atoms with Crippen LogP contribution in [-0.2, 0) is 9.59 Å². The molecule has 0 heterocycles. The number of aliphatic hydroxyl groups excluding tert-OH is 2. The number of benzene rings is 1. The second-order valence-electron chi connectivity index (χ2n) is 6.96. The molecule has 0 saturated heterocycles. The van der Waals surface area contributed by atoms with Crippen LogP contribution in [0.15, 0.2) is 24.3 Å². The first-order chi connectivity index (χ1) is 13.9. The third-order valence-corrected chi connectivity index (χ3v) is 4.49. The standard InChI is InChI=1S/C13H15NO4.C5H13N.C4H9Cl/c15-7-11(16)12(17)13(18)14-10-5-3-9(4-6-10)8-1-2-8;1-3-4-5-6-2;1-2-3-4-5/h3-8,11-12,16-17H,1-2H2,(H,14,18);6H,3-5H2,1-2H3;2-4H2,1H3. The minimum absolute atomic E-state index is 0.125. The van der Waals surface area contributed by atoms with Gasteiger partial charge in [-0.25, -0.2) is 0 Å². The normalized spacial score (nSPS) is 14.4. The van der Waals surface area contributed by atoms with E-state index >= 15 is 0 Å². The molecule has 0 spiro atoms. The van der Waals surface area contributed by atoms with E-state index in [4.69, 9.17) is 16.7 Å². The number of aldehydes is 1. The number of nitrogens with one attached hydrogen (secondary N) is 2. The van der Waals surface area contributed by atoms with Gasteiger partial charge in [0.1, 0.15) is 6.10 Å². The number of anilines is 1. The first kappa shape index (κ1) is 27.5. The molecule has 0 bridgehead atoms. The average molecular weight is 429 g/mol. The van der Waals surface area contributed by atoms with Crippen molar-refractivity contribution in [3.8, 4) is 0 Å². The monoisotopic (exact) mass is 428 g/mol. The quantitative estimate of drug-likeness (QED) is 0.260. The molecule has 6 nitrogen and oxygen atoms in total. The first-order valence-electron chi connectivity index (χ1n) is 10.4. The van der Waals surface area contributed by atoms with E-state index in [0.29, 0.717) is 11.6 Å². The van der Waals surface area contributed by atoms with Crippen LogP contribution in [0.5, 0.6) is 0 Å². The van der Waals surface area contributed by atoms with Crippen molar-refractivity contribution in [3.63, 3.8) is 0 Å². The minimum Gasteiger partial charge on any atom is -0.382 e. The Morgan fingerprint density at radius 3 is 2.10 bits per heavy atom. The second-order valence-corrected chi connectivity index (χ2v) is 7.33. The minimum atomic E-state index is -1.74. The van der Waals surface area contributed by atoms with Crippen molar-refractivity contribution in [3.05, 3.63) is 29.8 Å². The van der Waals surface area contributed by atoms with E-state index in [1.807, 2.05) is 19.2 Å². The molecule has 4 N–H and O–H groups in total. The first-order valence-corrected chi connectivity index (χ1v) is 10.9. The molecular formula is C22H37ClN2O4. The van der Waals surface area contributed by atoms with E-state index in [1.165, 1.54) is 37.7 Å². The summed E-state index contributed by atoms with van der Waals surface area (Å²) in [5, 5.41) is 23.8. The summed E-state index contributed by atoms with van der Waals surface area (Å²) in [6.07, 6.45) is 4.05. The Balaban J connectivity index is 0.000000591. The van der Waals surface area contributed by atoms with Crippen molar-refractivity contribution in [1.29, 1.82) is 0 Å². The van der Waals surface area contributed by atoms with Crippen LogP contribution >= 0.6 is 11.6 Å². The van der Waals surface area contributed by atoms with Crippen LogP contribution in [0.4, 0.5) is 5.69 Å². The van der Waals surface area contributed by atoms with Gasteiger partial charge in [0.15, 0.2) is 12.4 Å². The molecule has 2 atom stereocenters. The van der Waals surface area contributed by atoms with E-state index in [-0.39, 0.29) is 6.29 Å². The van der Waals surface area contributed by atoms with Gasteiger partial charge >= 0.3 is 0 Å². The van der Waals surface area contributed by atoms with Gasteiger partial charge in [0.2, 0.25) is 0 Å². The Morgan fingerprint density at radius 1 is 1.17 bits per heavy atom. The highest BCUT2D eigenvalue weighted by Crippen LogP contribution is 2.40. The Hall–Kier alpha value is -1.47. The molecule has 1 aromatic carbocycles. The number of hydrogen-bond acceptors (Lipinski definition) is 5. The van der Waals surface area contributed by atoms with Crippen LogP contribution < -0.4 is 10.6 Å². The molecule has 2 rings (SSSR count). The van der Waals surface area contributed by atoms with Gasteiger partial charge in [0, 0.05) is 11.6 Å². The molecule has 29 heavy (non-hydrogen) atoms. The van der Waals surface area contributed by atoms with E-state index in [0.717, 1.165) is 18.8 Å². The molecule has 7 heteroatoms. The van der Waals surface area contributed by atoms with Gasteiger partial charge in [-0.15, -0.1) is 11.6 Å². The van der Waals surface area contributed by atoms with Crippen LogP contribution in [0.2, 0.25) is 0 Å². The van der Waals surface area contributed by atoms with Gasteiger partial charge in [-0.05, 0) is 62.9 Å². The Kier molecular flexibility index (Phi) is 16.5. The molecule has 0 aliphatic heterocycles. The molecule has 1 aliphatic rings. The lowest BCUT2D eigenvalue weighted by Crippen LogP contribution is -2.38. The highest BCUT2D eigenvalue weighted by molar-refractivity contribution is 6.17. The topological polar surface area (TPSA) is 98.7 Å². The lowest BCUT2D eigenvalue weighted by molar-refractivity contribution is -0.135. The number of carbonyl (C=O) groups is 2. The van der Waals surface area contributed by atoms with Crippen molar-refractivity contribution in [2.45, 2.75) is 70.5 Å². The van der Waals surface area contributed by atoms with Gasteiger partial charge in [0.25, 0.3) is 5.91 Å². The zero-order chi connectivity index (χ0) is 22.1. The van der Waals surface area contributed by atoms with Crippen molar-refractivity contribution in [1.82, 2.24) is 5.32 Å². The SMILES string of the molecule is CCCCCl.CCCCNC.O=CC(O)C(O)C(=O)Nc1ccc(C2CC2)cc1.